The van der Waals surface area contributed by atoms with Gasteiger partial charge in [0, 0.05) is 18.8 Å². The van der Waals surface area contributed by atoms with E-state index < -0.39 is 5.60 Å². The van der Waals surface area contributed by atoms with E-state index in [9.17, 15) is 4.79 Å². The highest BCUT2D eigenvalue weighted by molar-refractivity contribution is 9.10. The van der Waals surface area contributed by atoms with E-state index in [1.54, 1.807) is 0 Å². The van der Waals surface area contributed by atoms with Crippen molar-refractivity contribution in [1.82, 2.24) is 14.7 Å². The van der Waals surface area contributed by atoms with Gasteiger partial charge in [0.05, 0.1) is 16.7 Å². The number of ether oxygens (including phenoxy) is 1. The first-order valence-corrected chi connectivity index (χ1v) is 9.16. The van der Waals surface area contributed by atoms with Crippen LogP contribution in [0.5, 0.6) is 0 Å². The number of carbonyl (C=O) groups is 1. The van der Waals surface area contributed by atoms with E-state index in [4.69, 9.17) is 4.74 Å². The fraction of sp³-hybridized carbons (Fsp3) is 0.765. The highest BCUT2D eigenvalue weighted by Crippen LogP contribution is 2.55. The van der Waals surface area contributed by atoms with Crippen molar-refractivity contribution in [2.45, 2.75) is 65.0 Å². The second kappa shape index (κ2) is 5.80. The van der Waals surface area contributed by atoms with E-state index in [2.05, 4.69) is 32.6 Å². The minimum Gasteiger partial charge on any atom is -0.444 e. The van der Waals surface area contributed by atoms with Gasteiger partial charge in [-0.25, -0.2) is 4.79 Å². The van der Waals surface area contributed by atoms with E-state index in [0.29, 0.717) is 11.5 Å². The van der Waals surface area contributed by atoms with Gasteiger partial charge in [0.1, 0.15) is 5.60 Å². The number of piperidine rings is 1. The normalized spacial score (nSPS) is 21.3. The first kappa shape index (κ1) is 16.8. The van der Waals surface area contributed by atoms with Crippen LogP contribution in [0.3, 0.4) is 0 Å². The molecule has 5 nitrogen and oxygen atoms in total. The number of rotatable bonds is 1. The zero-order valence-corrected chi connectivity index (χ0v) is 16.0. The van der Waals surface area contributed by atoms with Crippen molar-refractivity contribution in [2.24, 2.45) is 5.41 Å². The zero-order chi connectivity index (χ0) is 16.8. The SMILES string of the molecule is Cc1c(Br)cnn1C1CC2(CCN(C(=O)OC(C)(C)C)CC2)C1. The lowest BCUT2D eigenvalue weighted by Crippen LogP contribution is -2.50. The van der Waals surface area contributed by atoms with Crippen LogP contribution in [0.1, 0.15) is 58.2 Å². The maximum atomic E-state index is 12.1. The number of nitrogens with zero attached hydrogens (tertiary/aromatic N) is 3. The fourth-order valence-corrected chi connectivity index (χ4v) is 4.05. The topological polar surface area (TPSA) is 47.4 Å². The highest BCUT2D eigenvalue weighted by Gasteiger charge is 2.48. The molecule has 128 valence electrons. The van der Waals surface area contributed by atoms with Crippen molar-refractivity contribution >= 4 is 22.0 Å². The molecule has 2 aliphatic rings. The summed E-state index contributed by atoms with van der Waals surface area (Å²) in [6, 6.07) is 0.509. The molecule has 1 amide bonds. The van der Waals surface area contributed by atoms with Crippen LogP contribution in [0, 0.1) is 12.3 Å². The van der Waals surface area contributed by atoms with E-state index in [0.717, 1.165) is 30.4 Å². The number of halogens is 1. The quantitative estimate of drug-likeness (QED) is 0.725. The van der Waals surface area contributed by atoms with Crippen LogP contribution < -0.4 is 0 Å². The van der Waals surface area contributed by atoms with Gasteiger partial charge >= 0.3 is 6.09 Å². The largest absolute Gasteiger partial charge is 0.444 e. The Bertz CT molecular complexity index is 589. The molecule has 0 aromatic carbocycles. The molecular weight excluding hydrogens is 358 g/mol. The summed E-state index contributed by atoms with van der Waals surface area (Å²) in [7, 11) is 0. The summed E-state index contributed by atoms with van der Waals surface area (Å²) in [6.07, 6.45) is 6.20. The van der Waals surface area contributed by atoms with Crippen molar-refractivity contribution in [3.8, 4) is 0 Å². The van der Waals surface area contributed by atoms with Crippen molar-refractivity contribution in [2.75, 3.05) is 13.1 Å². The Morgan fingerprint density at radius 2 is 1.96 bits per heavy atom. The molecule has 23 heavy (non-hydrogen) atoms. The number of hydrogen-bond acceptors (Lipinski definition) is 3. The maximum absolute atomic E-state index is 12.1. The molecule has 0 atom stereocenters. The van der Waals surface area contributed by atoms with Crippen molar-refractivity contribution < 1.29 is 9.53 Å². The summed E-state index contributed by atoms with van der Waals surface area (Å²) in [5, 5.41) is 4.48. The number of likely N-dealkylation sites (tertiary alicyclic amines) is 1. The molecule has 1 saturated carbocycles. The minimum atomic E-state index is -0.418. The zero-order valence-electron chi connectivity index (χ0n) is 14.4. The Morgan fingerprint density at radius 1 is 1.35 bits per heavy atom. The number of aromatic nitrogens is 2. The summed E-state index contributed by atoms with van der Waals surface area (Å²) in [4.78, 5) is 14.0. The van der Waals surface area contributed by atoms with Gasteiger partial charge in [0.25, 0.3) is 0 Å². The Morgan fingerprint density at radius 3 is 2.43 bits per heavy atom. The van der Waals surface area contributed by atoms with E-state index in [-0.39, 0.29) is 6.09 Å². The van der Waals surface area contributed by atoms with E-state index in [1.807, 2.05) is 31.9 Å². The van der Waals surface area contributed by atoms with Gasteiger partial charge in [0.2, 0.25) is 0 Å². The molecule has 0 unspecified atom stereocenters. The first-order valence-electron chi connectivity index (χ1n) is 8.37. The number of hydrogen-bond donors (Lipinski definition) is 0. The summed E-state index contributed by atoms with van der Waals surface area (Å²) in [5.74, 6) is 0. The Hall–Kier alpha value is -1.04. The lowest BCUT2D eigenvalue weighted by molar-refractivity contribution is -0.0262. The van der Waals surface area contributed by atoms with Crippen molar-refractivity contribution in [1.29, 1.82) is 0 Å². The first-order chi connectivity index (χ1) is 10.7. The molecule has 1 aromatic heterocycles. The average Bonchev–Trinajstić information content (AvgIpc) is 2.74. The Labute approximate surface area is 146 Å². The smallest absolute Gasteiger partial charge is 0.410 e. The molecule has 2 fully saturated rings. The molecule has 0 N–H and O–H groups in total. The van der Waals surface area contributed by atoms with E-state index in [1.165, 1.54) is 18.5 Å². The average molecular weight is 384 g/mol. The van der Waals surface area contributed by atoms with Crippen LogP contribution in [-0.2, 0) is 4.74 Å². The van der Waals surface area contributed by atoms with Crippen LogP contribution in [0.2, 0.25) is 0 Å². The predicted molar refractivity (Wildman–Crippen MR) is 92.4 cm³/mol. The van der Waals surface area contributed by atoms with Gasteiger partial charge in [-0.05, 0) is 74.7 Å². The van der Waals surface area contributed by atoms with Crippen molar-refractivity contribution in [3.05, 3.63) is 16.4 Å². The molecule has 2 heterocycles. The second-order valence-corrected chi connectivity index (χ2v) is 8.91. The lowest BCUT2D eigenvalue weighted by atomic mass is 9.60. The molecule has 1 aromatic rings. The maximum Gasteiger partial charge on any atom is 0.410 e. The summed E-state index contributed by atoms with van der Waals surface area (Å²) >= 11 is 3.53. The molecule has 1 saturated heterocycles. The van der Waals surface area contributed by atoms with Gasteiger partial charge in [-0.15, -0.1) is 0 Å². The third-order valence-electron chi connectivity index (χ3n) is 5.14. The third kappa shape index (κ3) is 3.42. The summed E-state index contributed by atoms with van der Waals surface area (Å²) in [6.45, 7) is 9.46. The monoisotopic (exact) mass is 383 g/mol. The fourth-order valence-electron chi connectivity index (χ4n) is 3.78. The predicted octanol–water partition coefficient (Wildman–Crippen LogP) is 4.31. The van der Waals surface area contributed by atoms with Gasteiger partial charge in [0.15, 0.2) is 0 Å². The molecule has 0 bridgehead atoms. The standard InChI is InChI=1S/C17H26BrN3O2/c1-12-14(18)11-19-21(12)13-9-17(10-13)5-7-20(8-6-17)15(22)23-16(2,3)4/h11,13H,5-10H2,1-4H3. The summed E-state index contributed by atoms with van der Waals surface area (Å²) < 4.78 is 8.70. The van der Waals surface area contributed by atoms with E-state index >= 15 is 0 Å². The van der Waals surface area contributed by atoms with Crippen LogP contribution in [-0.4, -0.2) is 39.5 Å². The minimum absolute atomic E-state index is 0.171. The number of carbonyl (C=O) groups excluding carboxylic acids is 1. The van der Waals surface area contributed by atoms with Crippen LogP contribution >= 0.6 is 15.9 Å². The Kier molecular flexibility index (Phi) is 4.23. The number of amides is 1. The Balaban J connectivity index is 1.53. The van der Waals surface area contributed by atoms with Gasteiger partial charge in [-0.1, -0.05) is 0 Å². The van der Waals surface area contributed by atoms with Crippen LogP contribution in [0.15, 0.2) is 10.7 Å². The molecule has 1 spiro atoms. The highest BCUT2D eigenvalue weighted by atomic mass is 79.9. The molecule has 0 radical (unpaired) electrons. The molecule has 6 heteroatoms. The van der Waals surface area contributed by atoms with Crippen LogP contribution in [0.25, 0.3) is 0 Å². The van der Waals surface area contributed by atoms with Crippen LogP contribution in [0.4, 0.5) is 4.79 Å². The molecule has 1 aliphatic heterocycles. The second-order valence-electron chi connectivity index (χ2n) is 8.05. The van der Waals surface area contributed by atoms with Gasteiger partial charge < -0.3 is 9.64 Å². The molecule has 3 rings (SSSR count). The molecular formula is C17H26BrN3O2. The molecule has 1 aliphatic carbocycles. The lowest BCUT2D eigenvalue weighted by Gasteiger charge is -2.52. The summed E-state index contributed by atoms with van der Waals surface area (Å²) in [5.41, 5.74) is 1.18. The van der Waals surface area contributed by atoms with Gasteiger partial charge in [-0.2, -0.15) is 5.10 Å². The van der Waals surface area contributed by atoms with Crippen molar-refractivity contribution in [3.63, 3.8) is 0 Å². The van der Waals surface area contributed by atoms with Gasteiger partial charge in [-0.3, -0.25) is 4.68 Å². The third-order valence-corrected chi connectivity index (χ3v) is 5.92.